The molecule has 0 aliphatic heterocycles. The lowest BCUT2D eigenvalue weighted by Gasteiger charge is -2.26. The molecule has 1 aromatic heterocycles. The second-order valence-electron chi connectivity index (χ2n) is 5.48. The Hall–Kier alpha value is -1.07. The number of halogens is 1. The van der Waals surface area contributed by atoms with Gasteiger partial charge in [0.2, 0.25) is 0 Å². The van der Waals surface area contributed by atoms with Crippen LogP contribution in [0.1, 0.15) is 38.3 Å². The normalized spacial score (nSPS) is 18.3. The molecule has 1 atom stereocenters. The van der Waals surface area contributed by atoms with E-state index in [2.05, 4.69) is 10.4 Å². The molecule has 19 heavy (non-hydrogen) atoms. The molecule has 6 heteroatoms. The van der Waals surface area contributed by atoms with Crippen LogP contribution < -0.4 is 5.32 Å². The second-order valence-corrected chi connectivity index (χ2v) is 5.89. The highest BCUT2D eigenvalue weighted by molar-refractivity contribution is 6.31. The van der Waals surface area contributed by atoms with Gasteiger partial charge in [0.1, 0.15) is 5.54 Å². The van der Waals surface area contributed by atoms with E-state index in [1.54, 1.807) is 17.8 Å². The number of carbonyl (C=O) groups is 1. The lowest BCUT2D eigenvalue weighted by molar-refractivity contribution is -0.144. The first-order valence-corrected chi connectivity index (χ1v) is 6.99. The molecule has 0 radical (unpaired) electrons. The van der Waals surface area contributed by atoms with Crippen molar-refractivity contribution in [3.05, 3.63) is 16.9 Å². The van der Waals surface area contributed by atoms with Crippen LogP contribution in [0.4, 0.5) is 0 Å². The molecule has 1 saturated carbocycles. The van der Waals surface area contributed by atoms with Crippen molar-refractivity contribution in [2.75, 3.05) is 0 Å². The van der Waals surface area contributed by atoms with Gasteiger partial charge in [0.25, 0.3) is 0 Å². The Labute approximate surface area is 117 Å². The molecule has 5 nitrogen and oxygen atoms in total. The number of hydrogen-bond acceptors (Lipinski definition) is 3. The van der Waals surface area contributed by atoms with Crippen molar-refractivity contribution in [2.45, 2.75) is 57.7 Å². The summed E-state index contributed by atoms with van der Waals surface area (Å²) in [5, 5.41) is 17.5. The summed E-state index contributed by atoms with van der Waals surface area (Å²) in [5.41, 5.74) is -0.0357. The van der Waals surface area contributed by atoms with Crippen molar-refractivity contribution >= 4 is 17.6 Å². The first kappa shape index (κ1) is 14.3. The molecule has 106 valence electrons. The Morgan fingerprint density at radius 3 is 2.84 bits per heavy atom. The van der Waals surface area contributed by atoms with Crippen LogP contribution in [0.25, 0.3) is 0 Å². The fourth-order valence-corrected chi connectivity index (χ4v) is 2.27. The third kappa shape index (κ3) is 3.70. The molecule has 0 amide bonds. The molecule has 0 aromatic carbocycles. The van der Waals surface area contributed by atoms with Crippen LogP contribution in [0.5, 0.6) is 0 Å². The largest absolute Gasteiger partial charge is 0.480 e. The third-order valence-corrected chi connectivity index (χ3v) is 3.89. The van der Waals surface area contributed by atoms with Crippen LogP contribution in [0.2, 0.25) is 5.02 Å². The molecule has 1 fully saturated rings. The van der Waals surface area contributed by atoms with Crippen molar-refractivity contribution in [2.24, 2.45) is 0 Å². The number of carboxylic acid groups (broad SMARTS) is 1. The molecule has 1 aromatic rings. The standard InChI is InChI=1S/C13H20ClN3O2/c1-9-11(14)8-17(16-9)7-3-6-13(2,12(18)19)15-10-4-5-10/h8,10,15H,3-7H2,1-2H3,(H,18,19). The molecule has 1 aliphatic carbocycles. The number of aromatic nitrogens is 2. The molecule has 0 saturated heterocycles. The number of hydrogen-bond donors (Lipinski definition) is 2. The van der Waals surface area contributed by atoms with Crippen molar-refractivity contribution in [3.63, 3.8) is 0 Å². The zero-order chi connectivity index (χ0) is 14.0. The topological polar surface area (TPSA) is 67.2 Å². The second kappa shape index (κ2) is 5.51. The summed E-state index contributed by atoms with van der Waals surface area (Å²) in [6, 6.07) is 0.377. The van der Waals surface area contributed by atoms with Crippen molar-refractivity contribution in [3.8, 4) is 0 Å². The maximum atomic E-state index is 11.4. The summed E-state index contributed by atoms with van der Waals surface area (Å²) < 4.78 is 1.77. The van der Waals surface area contributed by atoms with Crippen LogP contribution in [-0.4, -0.2) is 32.4 Å². The number of nitrogens with zero attached hydrogens (tertiary/aromatic N) is 2. The molecule has 2 rings (SSSR count). The van der Waals surface area contributed by atoms with Gasteiger partial charge in [0.15, 0.2) is 0 Å². The van der Waals surface area contributed by atoms with E-state index in [4.69, 9.17) is 11.6 Å². The van der Waals surface area contributed by atoms with Gasteiger partial charge in [-0.05, 0) is 39.5 Å². The molecule has 0 spiro atoms. The molecule has 0 bridgehead atoms. The van der Waals surface area contributed by atoms with Crippen molar-refractivity contribution in [1.82, 2.24) is 15.1 Å². The maximum absolute atomic E-state index is 11.4. The van der Waals surface area contributed by atoms with E-state index in [0.717, 1.165) is 25.0 Å². The Morgan fingerprint density at radius 2 is 2.37 bits per heavy atom. The third-order valence-electron chi connectivity index (χ3n) is 3.52. The van der Waals surface area contributed by atoms with Gasteiger partial charge in [-0.2, -0.15) is 5.10 Å². The monoisotopic (exact) mass is 285 g/mol. The average Bonchev–Trinajstić information content (AvgIpc) is 3.06. The van der Waals surface area contributed by atoms with Gasteiger partial charge in [-0.1, -0.05) is 11.6 Å². The van der Waals surface area contributed by atoms with Gasteiger partial charge in [-0.3, -0.25) is 14.8 Å². The van der Waals surface area contributed by atoms with Crippen LogP contribution in [0, 0.1) is 6.92 Å². The maximum Gasteiger partial charge on any atom is 0.323 e. The van der Waals surface area contributed by atoms with Gasteiger partial charge in [0.05, 0.1) is 10.7 Å². The van der Waals surface area contributed by atoms with Gasteiger partial charge in [0, 0.05) is 18.8 Å². The van der Waals surface area contributed by atoms with E-state index in [0.29, 0.717) is 24.0 Å². The summed E-state index contributed by atoms with van der Waals surface area (Å²) in [5.74, 6) is -0.783. The first-order valence-electron chi connectivity index (χ1n) is 6.61. The quantitative estimate of drug-likeness (QED) is 0.806. The Balaban J connectivity index is 1.86. The zero-order valence-electron chi connectivity index (χ0n) is 11.3. The van der Waals surface area contributed by atoms with Gasteiger partial charge in [-0.25, -0.2) is 0 Å². The van der Waals surface area contributed by atoms with Crippen LogP contribution >= 0.6 is 11.6 Å². The fourth-order valence-electron chi connectivity index (χ4n) is 2.12. The minimum Gasteiger partial charge on any atom is -0.480 e. The van der Waals surface area contributed by atoms with Gasteiger partial charge in [-0.15, -0.1) is 0 Å². The summed E-state index contributed by atoms with van der Waals surface area (Å²) >= 11 is 5.94. The number of rotatable bonds is 7. The Kier molecular flexibility index (Phi) is 4.16. The molecule has 1 unspecified atom stereocenters. The molecular weight excluding hydrogens is 266 g/mol. The van der Waals surface area contributed by atoms with Gasteiger partial charge < -0.3 is 5.11 Å². The lowest BCUT2D eigenvalue weighted by Crippen LogP contribution is -2.50. The number of aliphatic carboxylic acids is 1. The van der Waals surface area contributed by atoms with E-state index in [-0.39, 0.29) is 0 Å². The molecular formula is C13H20ClN3O2. The summed E-state index contributed by atoms with van der Waals surface area (Å²) in [6.07, 6.45) is 5.27. The van der Waals surface area contributed by atoms with Crippen LogP contribution in [-0.2, 0) is 11.3 Å². The SMILES string of the molecule is Cc1nn(CCCC(C)(NC2CC2)C(=O)O)cc1Cl. The van der Waals surface area contributed by atoms with Crippen LogP contribution in [0.3, 0.4) is 0 Å². The number of nitrogens with one attached hydrogen (secondary N) is 1. The minimum absolute atomic E-state index is 0.377. The highest BCUT2D eigenvalue weighted by atomic mass is 35.5. The number of aryl methyl sites for hydroxylation is 2. The predicted molar refractivity (Wildman–Crippen MR) is 73.4 cm³/mol. The zero-order valence-corrected chi connectivity index (χ0v) is 12.1. The smallest absolute Gasteiger partial charge is 0.323 e. The first-order chi connectivity index (χ1) is 8.90. The molecule has 1 aliphatic rings. The van der Waals surface area contributed by atoms with Gasteiger partial charge >= 0.3 is 5.97 Å². The number of carboxylic acids is 1. The molecule has 1 heterocycles. The van der Waals surface area contributed by atoms with E-state index in [1.807, 2.05) is 6.92 Å². The Morgan fingerprint density at radius 1 is 1.68 bits per heavy atom. The lowest BCUT2D eigenvalue weighted by atomic mass is 9.95. The van der Waals surface area contributed by atoms with E-state index >= 15 is 0 Å². The van der Waals surface area contributed by atoms with Crippen molar-refractivity contribution in [1.29, 1.82) is 0 Å². The fraction of sp³-hybridized carbons (Fsp3) is 0.692. The van der Waals surface area contributed by atoms with E-state index in [1.165, 1.54) is 0 Å². The van der Waals surface area contributed by atoms with Crippen molar-refractivity contribution < 1.29 is 9.90 Å². The predicted octanol–water partition coefficient (Wildman–Crippen LogP) is 2.22. The summed E-state index contributed by atoms with van der Waals surface area (Å²) in [4.78, 5) is 11.4. The highest BCUT2D eigenvalue weighted by Gasteiger charge is 2.37. The summed E-state index contributed by atoms with van der Waals surface area (Å²) in [6.45, 7) is 4.30. The van der Waals surface area contributed by atoms with Crippen LogP contribution in [0.15, 0.2) is 6.20 Å². The van der Waals surface area contributed by atoms with E-state index < -0.39 is 11.5 Å². The Bertz CT molecular complexity index is 451. The average molecular weight is 286 g/mol. The minimum atomic E-state index is -0.840. The molecule has 2 N–H and O–H groups in total. The highest BCUT2D eigenvalue weighted by Crippen LogP contribution is 2.25. The summed E-state index contributed by atoms with van der Waals surface area (Å²) in [7, 11) is 0. The van der Waals surface area contributed by atoms with E-state index in [9.17, 15) is 9.90 Å².